The molecule has 0 radical (unpaired) electrons. The van der Waals surface area contributed by atoms with Crippen molar-refractivity contribution in [2.24, 2.45) is 23.7 Å². The number of carboxylic acid groups (broad SMARTS) is 1. The standard InChI is InChI=1S/C16H23NO4/c1-10(2)7-11(8-14(18)19)9-17-15(20)12-5-3-4-6-13(12)16(17)21/h3-4,10-13H,5-9H2,1-2H3,(H,18,19)/t11?,12-,13+. The highest BCUT2D eigenvalue weighted by molar-refractivity contribution is 6.05. The van der Waals surface area contributed by atoms with Crippen LogP contribution in [0.1, 0.15) is 39.5 Å². The second-order valence-electron chi connectivity index (χ2n) is 6.54. The molecule has 2 aliphatic rings. The van der Waals surface area contributed by atoms with Crippen molar-refractivity contribution in [3.05, 3.63) is 12.2 Å². The first kappa shape index (κ1) is 15.7. The van der Waals surface area contributed by atoms with Crippen molar-refractivity contribution in [3.63, 3.8) is 0 Å². The molecule has 0 aromatic rings. The lowest BCUT2D eigenvalue weighted by Gasteiger charge is -2.23. The second-order valence-corrected chi connectivity index (χ2v) is 6.54. The number of likely N-dealkylation sites (tertiary alicyclic amines) is 1. The minimum Gasteiger partial charge on any atom is -0.481 e. The lowest BCUT2D eigenvalue weighted by Crippen LogP contribution is -2.36. The van der Waals surface area contributed by atoms with Gasteiger partial charge in [0.2, 0.25) is 11.8 Å². The van der Waals surface area contributed by atoms with E-state index in [0.717, 1.165) is 0 Å². The van der Waals surface area contributed by atoms with E-state index in [2.05, 4.69) is 0 Å². The van der Waals surface area contributed by atoms with E-state index in [1.165, 1.54) is 4.90 Å². The molecule has 1 unspecified atom stereocenters. The van der Waals surface area contributed by atoms with Crippen molar-refractivity contribution in [3.8, 4) is 0 Å². The third-order valence-corrected chi connectivity index (χ3v) is 4.31. The Hall–Kier alpha value is -1.65. The largest absolute Gasteiger partial charge is 0.481 e. The fourth-order valence-electron chi connectivity index (χ4n) is 3.44. The van der Waals surface area contributed by atoms with Gasteiger partial charge in [0.05, 0.1) is 11.8 Å². The lowest BCUT2D eigenvalue weighted by atomic mass is 9.85. The molecule has 3 atom stereocenters. The number of hydrogen-bond acceptors (Lipinski definition) is 3. The summed E-state index contributed by atoms with van der Waals surface area (Å²) >= 11 is 0. The monoisotopic (exact) mass is 293 g/mol. The summed E-state index contributed by atoms with van der Waals surface area (Å²) in [7, 11) is 0. The summed E-state index contributed by atoms with van der Waals surface area (Å²) < 4.78 is 0. The lowest BCUT2D eigenvalue weighted by molar-refractivity contribution is -0.144. The number of allylic oxidation sites excluding steroid dienone is 2. The van der Waals surface area contributed by atoms with Crippen LogP contribution in [0.15, 0.2) is 12.2 Å². The molecule has 0 spiro atoms. The fourth-order valence-corrected chi connectivity index (χ4v) is 3.44. The predicted octanol–water partition coefficient (Wildman–Crippen LogP) is 2.07. The summed E-state index contributed by atoms with van der Waals surface area (Å²) in [5, 5.41) is 9.01. The number of nitrogens with zero attached hydrogens (tertiary/aromatic N) is 1. The van der Waals surface area contributed by atoms with Crippen LogP contribution in [-0.4, -0.2) is 34.3 Å². The normalized spacial score (nSPS) is 26.3. The number of rotatable bonds is 6. The quantitative estimate of drug-likeness (QED) is 0.601. The maximum atomic E-state index is 12.4. The van der Waals surface area contributed by atoms with Crippen LogP contribution in [0, 0.1) is 23.7 Å². The van der Waals surface area contributed by atoms with Crippen molar-refractivity contribution in [1.29, 1.82) is 0 Å². The van der Waals surface area contributed by atoms with Crippen molar-refractivity contribution in [2.45, 2.75) is 39.5 Å². The first-order chi connectivity index (χ1) is 9.90. The Kier molecular flexibility index (Phi) is 4.80. The molecule has 0 aromatic carbocycles. The minimum atomic E-state index is -0.876. The number of fused-ring (bicyclic) bond motifs is 1. The average Bonchev–Trinajstić information content (AvgIpc) is 2.63. The van der Waals surface area contributed by atoms with Crippen LogP contribution < -0.4 is 0 Å². The third kappa shape index (κ3) is 3.52. The maximum absolute atomic E-state index is 12.4. The molecule has 116 valence electrons. The second kappa shape index (κ2) is 6.41. The van der Waals surface area contributed by atoms with Crippen molar-refractivity contribution in [2.75, 3.05) is 6.54 Å². The van der Waals surface area contributed by atoms with E-state index < -0.39 is 5.97 Å². The van der Waals surface area contributed by atoms with E-state index in [4.69, 9.17) is 5.11 Å². The Morgan fingerprint density at radius 3 is 2.19 bits per heavy atom. The van der Waals surface area contributed by atoms with E-state index in [-0.39, 0.29) is 42.5 Å². The summed E-state index contributed by atoms with van der Waals surface area (Å²) in [5.74, 6) is -1.39. The zero-order valence-corrected chi connectivity index (χ0v) is 12.6. The fraction of sp³-hybridized carbons (Fsp3) is 0.688. The zero-order chi connectivity index (χ0) is 15.6. The number of carboxylic acids is 1. The summed E-state index contributed by atoms with van der Waals surface area (Å²) in [4.78, 5) is 37.1. The van der Waals surface area contributed by atoms with Gasteiger partial charge in [0.25, 0.3) is 0 Å². The zero-order valence-electron chi connectivity index (χ0n) is 12.6. The van der Waals surface area contributed by atoms with Crippen LogP contribution in [0.4, 0.5) is 0 Å². The van der Waals surface area contributed by atoms with Crippen LogP contribution in [0.25, 0.3) is 0 Å². The van der Waals surface area contributed by atoms with Crippen LogP contribution in [0.5, 0.6) is 0 Å². The van der Waals surface area contributed by atoms with Crippen LogP contribution in [-0.2, 0) is 14.4 Å². The Labute approximate surface area is 125 Å². The van der Waals surface area contributed by atoms with Gasteiger partial charge in [0.1, 0.15) is 0 Å². The van der Waals surface area contributed by atoms with E-state index in [1.54, 1.807) is 0 Å². The summed E-state index contributed by atoms with van der Waals surface area (Å²) in [6.45, 7) is 4.29. The highest BCUT2D eigenvalue weighted by Crippen LogP contribution is 2.36. The van der Waals surface area contributed by atoms with Gasteiger partial charge in [0.15, 0.2) is 0 Å². The van der Waals surface area contributed by atoms with Gasteiger partial charge in [-0.1, -0.05) is 26.0 Å². The first-order valence-corrected chi connectivity index (χ1v) is 7.62. The molecule has 1 saturated heterocycles. The molecule has 1 aliphatic carbocycles. The van der Waals surface area contributed by atoms with Gasteiger partial charge < -0.3 is 5.11 Å². The molecular formula is C16H23NO4. The molecule has 1 heterocycles. The Morgan fingerprint density at radius 2 is 1.76 bits per heavy atom. The number of carbonyl (C=O) groups excluding carboxylic acids is 2. The van der Waals surface area contributed by atoms with Crippen LogP contribution >= 0.6 is 0 Å². The van der Waals surface area contributed by atoms with Gasteiger partial charge in [-0.2, -0.15) is 0 Å². The van der Waals surface area contributed by atoms with E-state index >= 15 is 0 Å². The molecule has 0 saturated carbocycles. The van der Waals surface area contributed by atoms with Gasteiger partial charge in [-0.05, 0) is 31.1 Å². The summed E-state index contributed by atoms with van der Waals surface area (Å²) in [6, 6.07) is 0. The molecule has 2 rings (SSSR count). The van der Waals surface area contributed by atoms with Gasteiger partial charge in [-0.15, -0.1) is 0 Å². The van der Waals surface area contributed by atoms with E-state index in [1.807, 2.05) is 26.0 Å². The van der Waals surface area contributed by atoms with Crippen LogP contribution in [0.3, 0.4) is 0 Å². The summed E-state index contributed by atoms with van der Waals surface area (Å²) in [5.41, 5.74) is 0. The number of carbonyl (C=O) groups is 3. The molecule has 1 fully saturated rings. The minimum absolute atomic E-state index is 0.00280. The molecule has 0 bridgehead atoms. The van der Waals surface area contributed by atoms with Crippen LogP contribution in [0.2, 0.25) is 0 Å². The first-order valence-electron chi connectivity index (χ1n) is 7.62. The predicted molar refractivity (Wildman–Crippen MR) is 77.3 cm³/mol. The number of imide groups is 1. The smallest absolute Gasteiger partial charge is 0.303 e. The highest BCUT2D eigenvalue weighted by atomic mass is 16.4. The molecule has 1 N–H and O–H groups in total. The average molecular weight is 293 g/mol. The van der Waals surface area contributed by atoms with Gasteiger partial charge >= 0.3 is 5.97 Å². The van der Waals surface area contributed by atoms with Gasteiger partial charge in [-0.25, -0.2) is 0 Å². The molecule has 2 amide bonds. The third-order valence-electron chi connectivity index (χ3n) is 4.31. The van der Waals surface area contributed by atoms with E-state index in [0.29, 0.717) is 25.2 Å². The number of hydrogen-bond donors (Lipinski definition) is 1. The van der Waals surface area contributed by atoms with Crippen molar-refractivity contribution in [1.82, 2.24) is 4.90 Å². The SMILES string of the molecule is CC(C)CC(CC(=O)O)CN1C(=O)[C@H]2CC=CC[C@H]2C1=O. The van der Waals surface area contributed by atoms with Crippen molar-refractivity contribution < 1.29 is 19.5 Å². The highest BCUT2D eigenvalue weighted by Gasteiger charge is 2.47. The van der Waals surface area contributed by atoms with Gasteiger partial charge in [0, 0.05) is 13.0 Å². The molecular weight excluding hydrogens is 270 g/mol. The molecule has 5 nitrogen and oxygen atoms in total. The Bertz CT molecular complexity index is 443. The Morgan fingerprint density at radius 1 is 1.24 bits per heavy atom. The molecule has 5 heteroatoms. The van der Waals surface area contributed by atoms with Crippen molar-refractivity contribution >= 4 is 17.8 Å². The summed E-state index contributed by atoms with van der Waals surface area (Å²) in [6.07, 6.45) is 5.87. The molecule has 21 heavy (non-hydrogen) atoms. The molecule has 1 aliphatic heterocycles. The van der Waals surface area contributed by atoms with Gasteiger partial charge in [-0.3, -0.25) is 19.3 Å². The maximum Gasteiger partial charge on any atom is 0.303 e. The molecule has 0 aromatic heterocycles. The topological polar surface area (TPSA) is 74.7 Å². The Balaban J connectivity index is 2.07. The van der Waals surface area contributed by atoms with E-state index in [9.17, 15) is 14.4 Å². The number of amides is 2. The number of aliphatic carboxylic acids is 1.